The zero-order valence-electron chi connectivity index (χ0n) is 12.2. The van der Waals surface area contributed by atoms with Crippen molar-refractivity contribution in [2.75, 3.05) is 6.61 Å². The first-order valence-electron chi connectivity index (χ1n) is 5.96. The lowest BCUT2D eigenvalue weighted by Crippen LogP contribution is -2.60. The predicted molar refractivity (Wildman–Crippen MR) is 64.0 cm³/mol. The van der Waals surface area contributed by atoms with Crippen molar-refractivity contribution >= 4 is 8.32 Å². The van der Waals surface area contributed by atoms with Crippen LogP contribution in [0.25, 0.3) is 0 Å². The molecule has 0 aliphatic carbocycles. The second kappa shape index (κ2) is 5.67. The highest BCUT2D eigenvalue weighted by atomic mass is 28.4. The zero-order valence-corrected chi connectivity index (χ0v) is 13.2. The van der Waals surface area contributed by atoms with Crippen LogP contribution in [0.4, 0.5) is 35.1 Å². The molecule has 0 aliphatic heterocycles. The maximum absolute atomic E-state index is 13.3. The maximum atomic E-state index is 13.3. The first-order chi connectivity index (χ1) is 8.90. The summed E-state index contributed by atoms with van der Waals surface area (Å²) in [6.07, 6.45) is -4.91. The molecule has 21 heavy (non-hydrogen) atoms. The standard InChI is InChI=1S/C11H18F8OSi/c1-8(2,3)21(4,5)20-6-9(14,15)11(18,19)10(16,17)7(12)13/h7H,6H2,1-5H3. The van der Waals surface area contributed by atoms with Gasteiger partial charge >= 0.3 is 24.2 Å². The molecule has 0 aliphatic rings. The quantitative estimate of drug-likeness (QED) is 0.476. The van der Waals surface area contributed by atoms with Crippen LogP contribution in [0.5, 0.6) is 0 Å². The van der Waals surface area contributed by atoms with Crippen molar-refractivity contribution in [3.8, 4) is 0 Å². The molecule has 10 heteroatoms. The monoisotopic (exact) mass is 346 g/mol. The minimum Gasteiger partial charge on any atom is -0.410 e. The Bertz CT molecular complexity index is 362. The van der Waals surface area contributed by atoms with Crippen LogP contribution in [0.15, 0.2) is 0 Å². The molecule has 0 rings (SSSR count). The van der Waals surface area contributed by atoms with Crippen LogP contribution in [-0.2, 0) is 4.43 Å². The molecular weight excluding hydrogens is 328 g/mol. The second-order valence-corrected chi connectivity index (χ2v) is 11.1. The van der Waals surface area contributed by atoms with Gasteiger partial charge in [-0.2, -0.15) is 26.3 Å². The molecule has 0 spiro atoms. The van der Waals surface area contributed by atoms with E-state index in [0.717, 1.165) is 0 Å². The fourth-order valence-electron chi connectivity index (χ4n) is 0.959. The van der Waals surface area contributed by atoms with Crippen molar-refractivity contribution < 1.29 is 39.5 Å². The summed E-state index contributed by atoms with van der Waals surface area (Å²) in [5.41, 5.74) is 0. The number of halogens is 8. The largest absolute Gasteiger partial charge is 0.410 e. The van der Waals surface area contributed by atoms with E-state index in [1.807, 2.05) is 0 Å². The lowest BCUT2D eigenvalue weighted by molar-refractivity contribution is -0.342. The fourth-order valence-corrected chi connectivity index (χ4v) is 1.93. The van der Waals surface area contributed by atoms with E-state index < -0.39 is 44.2 Å². The Hall–Kier alpha value is -0.383. The average Bonchev–Trinajstić information content (AvgIpc) is 2.24. The Morgan fingerprint density at radius 1 is 0.905 bits per heavy atom. The molecular formula is C11H18F8OSi. The van der Waals surface area contributed by atoms with Crippen molar-refractivity contribution in [1.29, 1.82) is 0 Å². The molecule has 0 bridgehead atoms. The van der Waals surface area contributed by atoms with Crippen molar-refractivity contribution in [2.24, 2.45) is 0 Å². The highest BCUT2D eigenvalue weighted by molar-refractivity contribution is 6.74. The molecule has 0 saturated carbocycles. The predicted octanol–water partition coefficient (Wildman–Crippen LogP) is 5.18. The fraction of sp³-hybridized carbons (Fsp3) is 1.00. The summed E-state index contributed by atoms with van der Waals surface area (Å²) in [7, 11) is -2.93. The summed E-state index contributed by atoms with van der Waals surface area (Å²) in [6.45, 7) is 5.67. The van der Waals surface area contributed by atoms with Gasteiger partial charge in [0.25, 0.3) is 0 Å². The van der Waals surface area contributed by atoms with E-state index in [4.69, 9.17) is 4.43 Å². The van der Waals surface area contributed by atoms with E-state index in [2.05, 4.69) is 0 Å². The maximum Gasteiger partial charge on any atom is 0.380 e. The highest BCUT2D eigenvalue weighted by Crippen LogP contribution is 2.49. The minimum absolute atomic E-state index is 0.635. The van der Waals surface area contributed by atoms with Crippen LogP contribution >= 0.6 is 0 Å². The molecule has 0 heterocycles. The Kier molecular flexibility index (Phi) is 5.57. The number of rotatable bonds is 6. The molecule has 0 unspecified atom stereocenters. The molecule has 128 valence electrons. The average molecular weight is 346 g/mol. The summed E-state index contributed by atoms with van der Waals surface area (Å²) in [4.78, 5) is 0. The van der Waals surface area contributed by atoms with Crippen molar-refractivity contribution in [1.82, 2.24) is 0 Å². The summed E-state index contributed by atoms with van der Waals surface area (Å²) >= 11 is 0. The van der Waals surface area contributed by atoms with Gasteiger partial charge in [0.1, 0.15) is 6.61 Å². The van der Waals surface area contributed by atoms with Crippen LogP contribution in [0.2, 0.25) is 18.1 Å². The van der Waals surface area contributed by atoms with E-state index in [-0.39, 0.29) is 0 Å². The summed E-state index contributed by atoms with van der Waals surface area (Å²) in [6, 6.07) is 0. The van der Waals surface area contributed by atoms with Crippen LogP contribution in [0.1, 0.15) is 20.8 Å². The van der Waals surface area contributed by atoms with Gasteiger partial charge in [0.2, 0.25) is 0 Å². The van der Waals surface area contributed by atoms with Gasteiger partial charge in [-0.15, -0.1) is 0 Å². The van der Waals surface area contributed by atoms with Gasteiger partial charge < -0.3 is 4.43 Å². The Labute approximate surface area is 118 Å². The molecule has 0 N–H and O–H groups in total. The van der Waals surface area contributed by atoms with Gasteiger partial charge in [-0.25, -0.2) is 8.78 Å². The van der Waals surface area contributed by atoms with E-state index in [9.17, 15) is 35.1 Å². The molecule has 0 aromatic rings. The van der Waals surface area contributed by atoms with Gasteiger partial charge in [-0.3, -0.25) is 0 Å². The van der Waals surface area contributed by atoms with Crippen LogP contribution in [0.3, 0.4) is 0 Å². The Balaban J connectivity index is 5.24. The first-order valence-corrected chi connectivity index (χ1v) is 8.86. The molecule has 0 saturated heterocycles. The minimum atomic E-state index is -6.21. The summed E-state index contributed by atoms with van der Waals surface area (Å²) < 4.78 is 107. The molecule has 0 fully saturated rings. The third-order valence-electron chi connectivity index (χ3n) is 3.57. The van der Waals surface area contributed by atoms with Gasteiger partial charge in [-0.1, -0.05) is 20.8 Å². The lowest BCUT2D eigenvalue weighted by Gasteiger charge is -2.39. The van der Waals surface area contributed by atoms with Crippen molar-refractivity contribution in [3.05, 3.63) is 0 Å². The normalized spacial score (nSPS) is 15.7. The van der Waals surface area contributed by atoms with Crippen LogP contribution in [-0.4, -0.2) is 39.1 Å². The van der Waals surface area contributed by atoms with E-state index in [1.165, 1.54) is 13.1 Å². The van der Waals surface area contributed by atoms with Gasteiger partial charge in [0.15, 0.2) is 8.32 Å². The molecule has 0 amide bonds. The van der Waals surface area contributed by atoms with E-state index in [0.29, 0.717) is 0 Å². The second-order valence-electron chi connectivity index (χ2n) is 6.25. The number of hydrogen-bond donors (Lipinski definition) is 0. The summed E-state index contributed by atoms with van der Waals surface area (Å²) in [5, 5.41) is -0.635. The zero-order chi connectivity index (χ0) is 17.5. The molecule has 0 aromatic carbocycles. The van der Waals surface area contributed by atoms with Crippen molar-refractivity contribution in [3.63, 3.8) is 0 Å². The smallest absolute Gasteiger partial charge is 0.380 e. The lowest BCUT2D eigenvalue weighted by atomic mass is 10.1. The SMILES string of the molecule is CC(C)(C)[Si](C)(C)OCC(F)(F)C(F)(F)C(F)(F)C(F)F. The van der Waals surface area contributed by atoms with Gasteiger partial charge in [0.05, 0.1) is 0 Å². The molecule has 0 atom stereocenters. The van der Waals surface area contributed by atoms with E-state index >= 15 is 0 Å². The third kappa shape index (κ3) is 3.88. The van der Waals surface area contributed by atoms with Gasteiger partial charge in [-0.05, 0) is 18.1 Å². The molecule has 1 nitrogen and oxygen atoms in total. The van der Waals surface area contributed by atoms with Crippen molar-refractivity contribution in [2.45, 2.75) is 63.1 Å². The highest BCUT2D eigenvalue weighted by Gasteiger charge is 2.75. The Morgan fingerprint density at radius 3 is 1.57 bits per heavy atom. The Morgan fingerprint density at radius 2 is 1.29 bits per heavy atom. The summed E-state index contributed by atoms with van der Waals surface area (Å²) in [5.74, 6) is -17.8. The number of alkyl halides is 8. The van der Waals surface area contributed by atoms with Crippen LogP contribution in [0, 0.1) is 0 Å². The molecule has 0 radical (unpaired) electrons. The third-order valence-corrected chi connectivity index (χ3v) is 8.05. The van der Waals surface area contributed by atoms with Crippen LogP contribution < -0.4 is 0 Å². The van der Waals surface area contributed by atoms with E-state index in [1.54, 1.807) is 20.8 Å². The first kappa shape index (κ1) is 20.6. The number of hydrogen-bond acceptors (Lipinski definition) is 1. The topological polar surface area (TPSA) is 9.23 Å². The molecule has 0 aromatic heterocycles. The van der Waals surface area contributed by atoms with Gasteiger partial charge in [0, 0.05) is 0 Å².